The Morgan fingerprint density at radius 3 is 2.25 bits per heavy atom. The molecule has 0 spiro atoms. The van der Waals surface area contributed by atoms with Crippen molar-refractivity contribution in [1.29, 1.82) is 0 Å². The first-order valence-corrected chi connectivity index (χ1v) is 11.7. The molecule has 8 nitrogen and oxygen atoms in total. The summed E-state index contributed by atoms with van der Waals surface area (Å²) >= 11 is 0. The van der Waals surface area contributed by atoms with Crippen LogP contribution in [0.5, 0.6) is 11.5 Å². The second kappa shape index (κ2) is 11.7. The fourth-order valence-corrected chi connectivity index (χ4v) is 4.44. The zero-order valence-corrected chi connectivity index (χ0v) is 20.6. The summed E-state index contributed by atoms with van der Waals surface area (Å²) < 4.78 is 90.7. The smallest absolute Gasteiger partial charge is 0.387 e. The number of carbonyl (C=O) groups is 2. The van der Waals surface area contributed by atoms with Gasteiger partial charge >= 0.3 is 6.61 Å². The molecule has 2 heterocycles. The van der Waals surface area contributed by atoms with Gasteiger partial charge in [-0.25, -0.2) is 17.6 Å². The molecule has 1 fully saturated rings. The van der Waals surface area contributed by atoms with Crippen LogP contribution in [0.15, 0.2) is 59.5 Å². The summed E-state index contributed by atoms with van der Waals surface area (Å²) in [5, 5.41) is 2.39. The van der Waals surface area contributed by atoms with E-state index in [1.54, 1.807) is 0 Å². The molecule has 0 saturated carbocycles. The summed E-state index contributed by atoms with van der Waals surface area (Å²) in [6, 6.07) is 7.03. The molecular formula is C26H21F6N3O5. The zero-order valence-electron chi connectivity index (χ0n) is 20.6. The van der Waals surface area contributed by atoms with Gasteiger partial charge in [-0.05, 0) is 36.4 Å². The lowest BCUT2D eigenvalue weighted by atomic mass is 9.92. The largest absolute Gasteiger partial charge is 0.497 e. The van der Waals surface area contributed by atoms with E-state index in [-0.39, 0.29) is 22.7 Å². The van der Waals surface area contributed by atoms with Crippen molar-refractivity contribution >= 4 is 17.5 Å². The molecule has 0 radical (unpaired) electrons. The third-order valence-corrected chi connectivity index (χ3v) is 6.23. The van der Waals surface area contributed by atoms with Gasteiger partial charge in [-0.1, -0.05) is 0 Å². The second-order valence-corrected chi connectivity index (χ2v) is 8.66. The van der Waals surface area contributed by atoms with Crippen LogP contribution >= 0.6 is 0 Å². The summed E-state index contributed by atoms with van der Waals surface area (Å²) in [6.45, 7) is -4.54. The molecule has 212 valence electrons. The lowest BCUT2D eigenvalue weighted by Gasteiger charge is -2.20. The number of nitrogens with zero attached hydrogens (tertiary/aromatic N) is 2. The predicted octanol–water partition coefficient (Wildman–Crippen LogP) is 3.93. The highest BCUT2D eigenvalue weighted by molar-refractivity contribution is 6.05. The molecule has 0 aliphatic carbocycles. The van der Waals surface area contributed by atoms with Crippen LogP contribution in [0.3, 0.4) is 0 Å². The van der Waals surface area contributed by atoms with Crippen LogP contribution in [0.1, 0.15) is 21.8 Å². The Bertz CT molecular complexity index is 1440. The van der Waals surface area contributed by atoms with Crippen LogP contribution in [0.25, 0.3) is 0 Å². The highest BCUT2D eigenvalue weighted by Crippen LogP contribution is 2.36. The van der Waals surface area contributed by atoms with E-state index in [1.165, 1.54) is 19.2 Å². The Labute approximate surface area is 222 Å². The minimum absolute atomic E-state index is 0.0960. The van der Waals surface area contributed by atoms with E-state index in [0.29, 0.717) is 4.57 Å². The number of hydrogen-bond acceptors (Lipinski definition) is 5. The first-order valence-electron chi connectivity index (χ1n) is 11.7. The summed E-state index contributed by atoms with van der Waals surface area (Å²) in [5.74, 6) is -5.76. The van der Waals surface area contributed by atoms with E-state index in [1.807, 2.05) is 0 Å². The number of halogens is 6. The summed E-state index contributed by atoms with van der Waals surface area (Å²) in [4.78, 5) is 40.2. The zero-order chi connectivity index (χ0) is 29.1. The fourth-order valence-electron chi connectivity index (χ4n) is 4.44. The van der Waals surface area contributed by atoms with Crippen LogP contribution in [0.2, 0.25) is 0 Å². The van der Waals surface area contributed by atoms with Gasteiger partial charge in [0.2, 0.25) is 5.91 Å². The normalized spacial score (nSPS) is 17.0. The number of alkyl halides is 4. The third kappa shape index (κ3) is 5.90. The van der Waals surface area contributed by atoms with E-state index in [2.05, 4.69) is 10.1 Å². The van der Waals surface area contributed by atoms with E-state index in [9.17, 15) is 31.9 Å². The molecule has 1 aromatic heterocycles. The highest BCUT2D eigenvalue weighted by Gasteiger charge is 2.46. The van der Waals surface area contributed by atoms with Crippen molar-refractivity contribution in [3.63, 3.8) is 0 Å². The molecule has 1 aliphatic heterocycles. The number of anilines is 1. The molecule has 1 N–H and O–H groups in total. The molecule has 4 rings (SSSR count). The maximum absolute atomic E-state index is 15.1. The number of methoxy groups -OCH3 is 1. The van der Waals surface area contributed by atoms with E-state index >= 15 is 8.78 Å². The minimum Gasteiger partial charge on any atom is -0.497 e. The Kier molecular flexibility index (Phi) is 8.35. The van der Waals surface area contributed by atoms with Crippen LogP contribution in [-0.4, -0.2) is 49.1 Å². The Hall–Kier alpha value is -4.49. The molecule has 14 heteroatoms. The first kappa shape index (κ1) is 28.5. The number of aromatic nitrogens is 1. The van der Waals surface area contributed by atoms with Crippen molar-refractivity contribution in [2.24, 2.45) is 0 Å². The number of pyridine rings is 1. The molecule has 0 unspecified atom stereocenters. The summed E-state index contributed by atoms with van der Waals surface area (Å²) in [6.07, 6.45) is -1.78. The molecular weight excluding hydrogens is 548 g/mol. The molecule has 3 aromatic rings. The quantitative estimate of drug-likeness (QED) is 0.395. The van der Waals surface area contributed by atoms with E-state index < -0.39 is 72.7 Å². The van der Waals surface area contributed by atoms with Gasteiger partial charge in [-0.2, -0.15) is 8.78 Å². The lowest BCUT2D eigenvalue weighted by molar-refractivity contribution is -0.118. The molecule has 2 atom stereocenters. The Morgan fingerprint density at radius 1 is 1.02 bits per heavy atom. The maximum Gasteiger partial charge on any atom is 0.387 e. The van der Waals surface area contributed by atoms with Crippen LogP contribution < -0.4 is 25.2 Å². The number of hydrogen-bond donors (Lipinski definition) is 1. The van der Waals surface area contributed by atoms with Gasteiger partial charge in [0.05, 0.1) is 13.7 Å². The number of nitrogens with one attached hydrogen (secondary N) is 1. The van der Waals surface area contributed by atoms with Crippen molar-refractivity contribution in [3.05, 3.63) is 87.8 Å². The van der Waals surface area contributed by atoms with Crippen molar-refractivity contribution < 1.29 is 45.4 Å². The predicted molar refractivity (Wildman–Crippen MR) is 129 cm³/mol. The average Bonchev–Trinajstić information content (AvgIpc) is 3.19. The maximum atomic E-state index is 15.1. The van der Waals surface area contributed by atoms with Gasteiger partial charge in [-0.15, -0.1) is 0 Å². The van der Waals surface area contributed by atoms with E-state index in [0.717, 1.165) is 47.5 Å². The second-order valence-electron chi connectivity index (χ2n) is 8.66. The molecule has 40 heavy (non-hydrogen) atoms. The van der Waals surface area contributed by atoms with Gasteiger partial charge in [0.1, 0.15) is 34.9 Å². The topological polar surface area (TPSA) is 89.9 Å². The summed E-state index contributed by atoms with van der Waals surface area (Å²) in [7, 11) is 1.19. The SMILES string of the molecule is COc1cc(F)c([C@@H]2CN(c3cccn(CC(F)F)c3=O)C(=O)[C@H]2NC(=O)c2ccc(OC(F)F)cc2)c(F)c1. The van der Waals surface area contributed by atoms with Crippen molar-refractivity contribution in [1.82, 2.24) is 9.88 Å². The number of benzene rings is 2. The van der Waals surface area contributed by atoms with Crippen molar-refractivity contribution in [2.45, 2.75) is 31.5 Å². The Balaban J connectivity index is 1.72. The number of ether oxygens (including phenoxy) is 2. The number of amides is 2. The van der Waals surface area contributed by atoms with Crippen molar-refractivity contribution in [2.75, 3.05) is 18.6 Å². The first-order chi connectivity index (χ1) is 19.0. The standard InChI is InChI=1S/C26H21F6N3O5/c1-39-15-9-17(27)21(18(28)10-15)16-11-35(19-3-2-8-34(24(19)37)12-20(29)30)25(38)22(16)33-23(36)13-4-6-14(7-5-13)40-26(31)32/h2-10,16,20,22,26H,11-12H2,1H3,(H,33,36)/t16-,22-/m0/s1. The minimum atomic E-state index is -3.10. The van der Waals surface area contributed by atoms with E-state index in [4.69, 9.17) is 4.74 Å². The van der Waals surface area contributed by atoms with Crippen LogP contribution in [-0.2, 0) is 11.3 Å². The molecule has 2 amide bonds. The van der Waals surface area contributed by atoms with Crippen LogP contribution in [0, 0.1) is 11.6 Å². The van der Waals surface area contributed by atoms with Gasteiger partial charge in [0.25, 0.3) is 17.9 Å². The molecule has 2 aromatic carbocycles. The lowest BCUT2D eigenvalue weighted by Crippen LogP contribution is -2.44. The highest BCUT2D eigenvalue weighted by atomic mass is 19.3. The van der Waals surface area contributed by atoms with Crippen molar-refractivity contribution in [3.8, 4) is 11.5 Å². The third-order valence-electron chi connectivity index (χ3n) is 6.23. The Morgan fingerprint density at radius 2 is 1.68 bits per heavy atom. The van der Waals surface area contributed by atoms with Crippen LogP contribution in [0.4, 0.5) is 32.0 Å². The number of rotatable bonds is 9. The summed E-state index contributed by atoms with van der Waals surface area (Å²) in [5.41, 5.74) is -1.96. The van der Waals surface area contributed by atoms with Gasteiger partial charge in [0, 0.05) is 41.9 Å². The average molecular weight is 569 g/mol. The monoisotopic (exact) mass is 569 g/mol. The molecule has 1 aliphatic rings. The molecule has 0 bridgehead atoms. The van der Waals surface area contributed by atoms with Gasteiger partial charge in [-0.3, -0.25) is 14.4 Å². The van der Waals surface area contributed by atoms with Gasteiger partial charge in [0.15, 0.2) is 0 Å². The number of carbonyl (C=O) groups excluding carboxylic acids is 2. The fraction of sp³-hybridized carbons (Fsp3) is 0.269. The molecule has 1 saturated heterocycles. The van der Waals surface area contributed by atoms with Gasteiger partial charge < -0.3 is 24.3 Å².